The van der Waals surface area contributed by atoms with Gasteiger partial charge in [0.25, 0.3) is 5.91 Å². The van der Waals surface area contributed by atoms with Crippen LogP contribution in [0.25, 0.3) is 0 Å². The molecule has 1 aliphatic heterocycles. The summed E-state index contributed by atoms with van der Waals surface area (Å²) in [6.07, 6.45) is 0.425. The van der Waals surface area contributed by atoms with Gasteiger partial charge >= 0.3 is 5.97 Å². The maximum atomic E-state index is 12.9. The predicted molar refractivity (Wildman–Crippen MR) is 76.5 cm³/mol. The molecule has 114 valence electrons. The van der Waals surface area contributed by atoms with Crippen molar-refractivity contribution in [3.05, 3.63) is 28.5 Å². The smallest absolute Gasteiger partial charge is 0.311 e. The van der Waals surface area contributed by atoms with E-state index in [9.17, 15) is 14.0 Å². The fourth-order valence-corrected chi connectivity index (χ4v) is 2.64. The Morgan fingerprint density at radius 2 is 2.24 bits per heavy atom. The third-order valence-electron chi connectivity index (χ3n) is 3.59. The summed E-state index contributed by atoms with van der Waals surface area (Å²) in [6, 6.07) is 3.91. The first-order chi connectivity index (χ1) is 9.82. The average Bonchev–Trinajstić information content (AvgIpc) is 2.82. The molecule has 1 amide bonds. The highest BCUT2D eigenvalue weighted by molar-refractivity contribution is 9.10. The summed E-state index contributed by atoms with van der Waals surface area (Å²) in [5, 5.41) is 9.13. The van der Waals surface area contributed by atoms with Crippen molar-refractivity contribution in [3.8, 4) is 5.75 Å². The van der Waals surface area contributed by atoms with Crippen LogP contribution >= 0.6 is 15.9 Å². The van der Waals surface area contributed by atoms with Crippen LogP contribution in [0.4, 0.5) is 4.39 Å². The molecule has 0 saturated carbocycles. The highest BCUT2D eigenvalue weighted by Crippen LogP contribution is 2.30. The van der Waals surface area contributed by atoms with Gasteiger partial charge < -0.3 is 14.7 Å². The Hall–Kier alpha value is -1.63. The van der Waals surface area contributed by atoms with Crippen LogP contribution in [-0.4, -0.2) is 41.6 Å². The molecule has 1 aromatic carbocycles. The first kappa shape index (κ1) is 15.8. The number of carboxylic acids is 1. The number of halogens is 2. The van der Waals surface area contributed by atoms with E-state index in [0.29, 0.717) is 23.2 Å². The maximum absolute atomic E-state index is 12.9. The molecule has 0 bridgehead atoms. The average molecular weight is 360 g/mol. The topological polar surface area (TPSA) is 66.8 Å². The largest absolute Gasteiger partial charge is 0.483 e. The van der Waals surface area contributed by atoms with E-state index in [1.54, 1.807) is 6.92 Å². The standard InChI is InChI=1S/C14H15BrFNO4/c1-14(13(19)20)4-5-17(8-14)12(18)7-21-11-3-2-9(16)6-10(11)15/h2-3,6H,4-5,7-8H2,1H3,(H,19,20). The quantitative estimate of drug-likeness (QED) is 0.895. The number of amides is 1. The number of rotatable bonds is 4. The number of carbonyl (C=O) groups is 2. The molecule has 0 aliphatic carbocycles. The highest BCUT2D eigenvalue weighted by atomic mass is 79.9. The number of hydrogen-bond acceptors (Lipinski definition) is 3. The van der Waals surface area contributed by atoms with Crippen molar-refractivity contribution in [1.82, 2.24) is 4.90 Å². The van der Waals surface area contributed by atoms with Gasteiger partial charge in [0.05, 0.1) is 9.89 Å². The molecule has 1 fully saturated rings. The van der Waals surface area contributed by atoms with Crippen molar-refractivity contribution in [2.24, 2.45) is 5.41 Å². The second-order valence-electron chi connectivity index (χ2n) is 5.29. The van der Waals surface area contributed by atoms with E-state index in [1.165, 1.54) is 23.1 Å². The molecule has 1 unspecified atom stereocenters. The van der Waals surface area contributed by atoms with Gasteiger partial charge in [0.2, 0.25) is 0 Å². The zero-order chi connectivity index (χ0) is 15.6. The van der Waals surface area contributed by atoms with Gasteiger partial charge in [-0.15, -0.1) is 0 Å². The third kappa shape index (κ3) is 3.53. The van der Waals surface area contributed by atoms with Gasteiger partial charge in [0, 0.05) is 13.1 Å². The molecule has 1 aromatic rings. The molecule has 0 radical (unpaired) electrons. The van der Waals surface area contributed by atoms with Gasteiger partial charge in [-0.3, -0.25) is 9.59 Å². The van der Waals surface area contributed by atoms with E-state index in [0.717, 1.165) is 0 Å². The van der Waals surface area contributed by atoms with Gasteiger partial charge in [-0.25, -0.2) is 4.39 Å². The minimum atomic E-state index is -0.903. The number of likely N-dealkylation sites (tertiary alicyclic amines) is 1. The molecule has 1 saturated heterocycles. The molecule has 5 nitrogen and oxygen atoms in total. The van der Waals surface area contributed by atoms with Crippen molar-refractivity contribution in [2.75, 3.05) is 19.7 Å². The molecule has 1 heterocycles. The summed E-state index contributed by atoms with van der Waals surface area (Å²) in [5.41, 5.74) is -0.897. The lowest BCUT2D eigenvalue weighted by Gasteiger charge is -2.20. The van der Waals surface area contributed by atoms with E-state index >= 15 is 0 Å². The van der Waals surface area contributed by atoms with Gasteiger partial charge in [-0.05, 0) is 47.5 Å². The second kappa shape index (κ2) is 6.01. The van der Waals surface area contributed by atoms with Crippen LogP contribution in [0.2, 0.25) is 0 Å². The van der Waals surface area contributed by atoms with E-state index in [2.05, 4.69) is 15.9 Å². The van der Waals surface area contributed by atoms with Gasteiger partial charge in [0.15, 0.2) is 6.61 Å². The molecular weight excluding hydrogens is 345 g/mol. The summed E-state index contributed by atoms with van der Waals surface area (Å²) in [6.45, 7) is 1.99. The number of carboxylic acid groups (broad SMARTS) is 1. The fourth-order valence-electron chi connectivity index (χ4n) is 2.17. The molecule has 1 aliphatic rings. The minimum Gasteiger partial charge on any atom is -0.483 e. The van der Waals surface area contributed by atoms with Crippen LogP contribution < -0.4 is 4.74 Å². The second-order valence-corrected chi connectivity index (χ2v) is 6.15. The Morgan fingerprint density at radius 3 is 2.81 bits per heavy atom. The van der Waals surface area contributed by atoms with Gasteiger partial charge in [-0.2, -0.15) is 0 Å². The normalized spacial score (nSPS) is 21.4. The monoisotopic (exact) mass is 359 g/mol. The maximum Gasteiger partial charge on any atom is 0.311 e. The summed E-state index contributed by atoms with van der Waals surface area (Å²) in [4.78, 5) is 24.6. The van der Waals surface area contributed by atoms with Crippen molar-refractivity contribution < 1.29 is 23.8 Å². The molecular formula is C14H15BrFNO4. The molecule has 1 N–H and O–H groups in total. The van der Waals surface area contributed by atoms with E-state index < -0.39 is 17.2 Å². The number of hydrogen-bond donors (Lipinski definition) is 1. The van der Waals surface area contributed by atoms with Crippen molar-refractivity contribution >= 4 is 27.8 Å². The Kier molecular flexibility index (Phi) is 4.51. The number of nitrogens with zero attached hydrogens (tertiary/aromatic N) is 1. The van der Waals surface area contributed by atoms with Gasteiger partial charge in [-0.1, -0.05) is 0 Å². The minimum absolute atomic E-state index is 0.176. The number of ether oxygens (including phenoxy) is 1. The lowest BCUT2D eigenvalue weighted by molar-refractivity contribution is -0.147. The highest BCUT2D eigenvalue weighted by Gasteiger charge is 2.42. The van der Waals surface area contributed by atoms with Crippen molar-refractivity contribution in [1.29, 1.82) is 0 Å². The molecule has 0 aromatic heterocycles. The van der Waals surface area contributed by atoms with Gasteiger partial charge in [0.1, 0.15) is 11.6 Å². The summed E-state index contributed by atoms with van der Waals surface area (Å²) in [5.74, 6) is -1.22. The lowest BCUT2D eigenvalue weighted by Crippen LogP contribution is -2.37. The number of benzene rings is 1. The SMILES string of the molecule is CC1(C(=O)O)CCN(C(=O)COc2ccc(F)cc2Br)C1. The molecule has 21 heavy (non-hydrogen) atoms. The Labute approximate surface area is 129 Å². The first-order valence-corrected chi connectivity index (χ1v) is 7.20. The Bertz CT molecular complexity index is 580. The van der Waals surface area contributed by atoms with Crippen LogP contribution in [0.3, 0.4) is 0 Å². The first-order valence-electron chi connectivity index (χ1n) is 6.41. The third-order valence-corrected chi connectivity index (χ3v) is 4.21. The van der Waals surface area contributed by atoms with Crippen molar-refractivity contribution in [3.63, 3.8) is 0 Å². The molecule has 2 rings (SSSR count). The Balaban J connectivity index is 1.93. The zero-order valence-corrected chi connectivity index (χ0v) is 13.0. The number of aliphatic carboxylic acids is 1. The molecule has 7 heteroatoms. The van der Waals surface area contributed by atoms with Crippen LogP contribution in [0.5, 0.6) is 5.75 Å². The van der Waals surface area contributed by atoms with E-state index in [4.69, 9.17) is 9.84 Å². The molecule has 1 atom stereocenters. The van der Waals surface area contributed by atoms with E-state index in [1.807, 2.05) is 0 Å². The number of carbonyl (C=O) groups excluding carboxylic acids is 1. The lowest BCUT2D eigenvalue weighted by atomic mass is 9.90. The van der Waals surface area contributed by atoms with E-state index in [-0.39, 0.29) is 19.1 Å². The zero-order valence-electron chi connectivity index (χ0n) is 11.4. The van der Waals surface area contributed by atoms with Crippen LogP contribution in [-0.2, 0) is 9.59 Å². The summed E-state index contributed by atoms with van der Waals surface area (Å²) >= 11 is 3.15. The predicted octanol–water partition coefficient (Wildman–Crippen LogP) is 2.29. The van der Waals surface area contributed by atoms with Crippen LogP contribution in [0.1, 0.15) is 13.3 Å². The van der Waals surface area contributed by atoms with Crippen LogP contribution in [0, 0.1) is 11.2 Å². The van der Waals surface area contributed by atoms with Crippen LogP contribution in [0.15, 0.2) is 22.7 Å². The summed E-state index contributed by atoms with van der Waals surface area (Å²) in [7, 11) is 0. The molecule has 0 spiro atoms. The fraction of sp³-hybridized carbons (Fsp3) is 0.429. The summed E-state index contributed by atoms with van der Waals surface area (Å²) < 4.78 is 18.7. The van der Waals surface area contributed by atoms with Crippen molar-refractivity contribution in [2.45, 2.75) is 13.3 Å². The Morgan fingerprint density at radius 1 is 1.52 bits per heavy atom.